The van der Waals surface area contributed by atoms with E-state index in [1.54, 1.807) is 4.90 Å². The molecule has 0 atom stereocenters. The van der Waals surface area contributed by atoms with Gasteiger partial charge in [0.1, 0.15) is 0 Å². The van der Waals surface area contributed by atoms with Gasteiger partial charge >= 0.3 is 5.97 Å². The maximum atomic E-state index is 12.3. The Bertz CT molecular complexity index is 834. The molecule has 0 fully saturated rings. The predicted octanol–water partition coefficient (Wildman–Crippen LogP) is 5.53. The number of carboxylic acid groups (broad SMARTS) is 1. The third kappa shape index (κ3) is 6.74. The molecular weight excluding hydrogens is 362 g/mol. The van der Waals surface area contributed by atoms with Crippen molar-refractivity contribution in [3.63, 3.8) is 0 Å². The van der Waals surface area contributed by atoms with Gasteiger partial charge in [0.05, 0.1) is 0 Å². The van der Waals surface area contributed by atoms with E-state index < -0.39 is 5.97 Å². The molecule has 0 aliphatic rings. The van der Waals surface area contributed by atoms with Gasteiger partial charge in [-0.15, -0.1) is 0 Å². The fourth-order valence-corrected chi connectivity index (χ4v) is 3.71. The van der Waals surface area contributed by atoms with Crippen LogP contribution in [0, 0.1) is 13.8 Å². The van der Waals surface area contributed by atoms with Crippen LogP contribution in [0.4, 0.5) is 0 Å². The molecule has 0 saturated carbocycles. The molecule has 0 heterocycles. The average Bonchev–Trinajstić information content (AvgIpc) is 2.67. The van der Waals surface area contributed by atoms with Gasteiger partial charge in [0.25, 0.3) is 0 Å². The molecular formula is C25H33NO3. The maximum Gasteiger partial charge on any atom is 0.303 e. The van der Waals surface area contributed by atoms with Crippen LogP contribution in [0.15, 0.2) is 36.4 Å². The van der Waals surface area contributed by atoms with Crippen LogP contribution >= 0.6 is 0 Å². The van der Waals surface area contributed by atoms with E-state index in [4.69, 9.17) is 5.11 Å². The van der Waals surface area contributed by atoms with Crippen molar-refractivity contribution in [3.05, 3.63) is 58.7 Å². The summed E-state index contributed by atoms with van der Waals surface area (Å²) in [4.78, 5) is 25.0. The Hall–Kier alpha value is -2.62. The zero-order chi connectivity index (χ0) is 21.4. The summed E-state index contributed by atoms with van der Waals surface area (Å²) in [5, 5.41) is 8.96. The number of amides is 1. The Morgan fingerprint density at radius 3 is 2.28 bits per heavy atom. The molecule has 0 radical (unpaired) electrons. The van der Waals surface area contributed by atoms with Crippen LogP contribution < -0.4 is 0 Å². The maximum absolute atomic E-state index is 12.3. The average molecular weight is 396 g/mol. The summed E-state index contributed by atoms with van der Waals surface area (Å²) < 4.78 is 0. The van der Waals surface area contributed by atoms with Gasteiger partial charge in [-0.05, 0) is 66.1 Å². The third-order valence-electron chi connectivity index (χ3n) is 5.38. The van der Waals surface area contributed by atoms with Crippen LogP contribution in [0.2, 0.25) is 0 Å². The minimum Gasteiger partial charge on any atom is -0.481 e. The first kappa shape index (κ1) is 22.7. The van der Waals surface area contributed by atoms with E-state index in [9.17, 15) is 9.59 Å². The highest BCUT2D eigenvalue weighted by Gasteiger charge is 2.11. The number of carbonyl (C=O) groups excluding carboxylic acids is 1. The van der Waals surface area contributed by atoms with E-state index in [-0.39, 0.29) is 12.3 Å². The smallest absolute Gasteiger partial charge is 0.303 e. The van der Waals surface area contributed by atoms with E-state index in [0.29, 0.717) is 19.4 Å². The second kappa shape index (κ2) is 10.8. The minimum atomic E-state index is -0.770. The van der Waals surface area contributed by atoms with Crippen molar-refractivity contribution in [3.8, 4) is 11.1 Å². The van der Waals surface area contributed by atoms with Crippen LogP contribution in [-0.2, 0) is 22.6 Å². The Labute approximate surface area is 174 Å². The third-order valence-corrected chi connectivity index (χ3v) is 5.38. The molecule has 2 aromatic rings. The molecule has 1 N–H and O–H groups in total. The number of aliphatic carboxylic acids is 1. The molecule has 4 heteroatoms. The SMILES string of the molecule is CCCCCC(=O)N(C)Cc1cccc(-c2cc(C)c(CCC(=O)O)c(C)c2)c1. The molecule has 0 saturated heterocycles. The quantitative estimate of drug-likeness (QED) is 0.538. The van der Waals surface area contributed by atoms with Crippen molar-refractivity contribution in [2.45, 2.75) is 65.8 Å². The van der Waals surface area contributed by atoms with Crippen molar-refractivity contribution < 1.29 is 14.7 Å². The zero-order valence-corrected chi connectivity index (χ0v) is 18.1. The lowest BCUT2D eigenvalue weighted by Crippen LogP contribution is -2.25. The molecule has 0 unspecified atom stereocenters. The molecule has 0 spiro atoms. The molecule has 0 aliphatic carbocycles. The van der Waals surface area contributed by atoms with Crippen LogP contribution in [0.5, 0.6) is 0 Å². The summed E-state index contributed by atoms with van der Waals surface area (Å²) in [7, 11) is 1.87. The van der Waals surface area contributed by atoms with Crippen molar-refractivity contribution in [2.75, 3.05) is 7.05 Å². The lowest BCUT2D eigenvalue weighted by Gasteiger charge is -2.18. The van der Waals surface area contributed by atoms with Gasteiger partial charge in [0.2, 0.25) is 5.91 Å². The molecule has 156 valence electrons. The number of nitrogens with zero attached hydrogens (tertiary/aromatic N) is 1. The number of hydrogen-bond donors (Lipinski definition) is 1. The number of carbonyl (C=O) groups is 2. The second-order valence-electron chi connectivity index (χ2n) is 7.89. The number of aryl methyl sites for hydroxylation is 2. The topological polar surface area (TPSA) is 57.6 Å². The summed E-state index contributed by atoms with van der Waals surface area (Å²) in [5.41, 5.74) is 6.71. The Balaban J connectivity index is 2.14. The summed E-state index contributed by atoms with van der Waals surface area (Å²) in [6, 6.07) is 12.6. The van der Waals surface area contributed by atoms with E-state index >= 15 is 0 Å². The fourth-order valence-electron chi connectivity index (χ4n) is 3.71. The van der Waals surface area contributed by atoms with E-state index in [1.165, 1.54) is 0 Å². The van der Waals surface area contributed by atoms with Gasteiger partial charge in [-0.1, -0.05) is 50.1 Å². The first-order valence-corrected chi connectivity index (χ1v) is 10.5. The molecule has 1 amide bonds. The highest BCUT2D eigenvalue weighted by molar-refractivity contribution is 5.76. The number of benzene rings is 2. The van der Waals surface area contributed by atoms with Gasteiger partial charge in [0, 0.05) is 26.4 Å². The first-order chi connectivity index (χ1) is 13.8. The van der Waals surface area contributed by atoms with Crippen molar-refractivity contribution in [1.29, 1.82) is 0 Å². The summed E-state index contributed by atoms with van der Waals surface area (Å²) >= 11 is 0. The molecule has 4 nitrogen and oxygen atoms in total. The number of unbranched alkanes of at least 4 members (excludes halogenated alkanes) is 2. The van der Waals surface area contributed by atoms with Gasteiger partial charge in [-0.2, -0.15) is 0 Å². The largest absolute Gasteiger partial charge is 0.481 e. The van der Waals surface area contributed by atoms with Crippen molar-refractivity contribution >= 4 is 11.9 Å². The van der Waals surface area contributed by atoms with Crippen LogP contribution in [0.25, 0.3) is 11.1 Å². The number of rotatable bonds is 10. The highest BCUT2D eigenvalue weighted by atomic mass is 16.4. The molecule has 2 rings (SSSR count). The lowest BCUT2D eigenvalue weighted by atomic mass is 9.92. The Kier molecular flexibility index (Phi) is 8.44. The second-order valence-corrected chi connectivity index (χ2v) is 7.89. The predicted molar refractivity (Wildman–Crippen MR) is 118 cm³/mol. The fraction of sp³-hybridized carbons (Fsp3) is 0.440. The van der Waals surface area contributed by atoms with Crippen molar-refractivity contribution in [1.82, 2.24) is 4.90 Å². The van der Waals surface area contributed by atoms with Crippen LogP contribution in [-0.4, -0.2) is 28.9 Å². The Morgan fingerprint density at radius 1 is 0.966 bits per heavy atom. The molecule has 2 aromatic carbocycles. The van der Waals surface area contributed by atoms with Crippen LogP contribution in [0.3, 0.4) is 0 Å². The van der Waals surface area contributed by atoms with Crippen LogP contribution in [0.1, 0.15) is 61.3 Å². The van der Waals surface area contributed by atoms with E-state index in [1.807, 2.05) is 27.0 Å². The normalized spacial score (nSPS) is 10.8. The van der Waals surface area contributed by atoms with Gasteiger partial charge in [0.15, 0.2) is 0 Å². The molecule has 29 heavy (non-hydrogen) atoms. The van der Waals surface area contributed by atoms with E-state index in [0.717, 1.165) is 52.6 Å². The highest BCUT2D eigenvalue weighted by Crippen LogP contribution is 2.27. The zero-order valence-electron chi connectivity index (χ0n) is 18.1. The van der Waals surface area contributed by atoms with Crippen molar-refractivity contribution in [2.24, 2.45) is 0 Å². The minimum absolute atomic E-state index is 0.148. The van der Waals surface area contributed by atoms with Gasteiger partial charge in [-0.3, -0.25) is 9.59 Å². The van der Waals surface area contributed by atoms with Gasteiger partial charge in [-0.25, -0.2) is 0 Å². The number of carboxylic acids is 1. The lowest BCUT2D eigenvalue weighted by molar-refractivity contribution is -0.137. The van der Waals surface area contributed by atoms with E-state index in [2.05, 4.69) is 37.3 Å². The Morgan fingerprint density at radius 2 is 1.66 bits per heavy atom. The van der Waals surface area contributed by atoms with Gasteiger partial charge < -0.3 is 10.0 Å². The standard InChI is InChI=1S/C25H33NO3/c1-5-6-7-11-24(27)26(4)17-20-9-8-10-21(16-20)22-14-18(2)23(19(3)15-22)12-13-25(28)29/h8-10,14-16H,5-7,11-13,17H2,1-4H3,(H,28,29). The first-order valence-electron chi connectivity index (χ1n) is 10.5. The summed E-state index contributed by atoms with van der Waals surface area (Å²) in [6.45, 7) is 6.83. The monoisotopic (exact) mass is 395 g/mol. The summed E-state index contributed by atoms with van der Waals surface area (Å²) in [5.74, 6) is -0.577. The molecule has 0 aliphatic heterocycles. The molecule has 0 aromatic heterocycles. The molecule has 0 bridgehead atoms. The number of hydrogen-bond acceptors (Lipinski definition) is 2. The summed E-state index contributed by atoms with van der Waals surface area (Å²) in [6.07, 6.45) is 4.48.